The molecule has 0 aliphatic heterocycles. The highest BCUT2D eigenvalue weighted by Crippen LogP contribution is 2.21. The summed E-state index contributed by atoms with van der Waals surface area (Å²) in [4.78, 5) is 69.3. The summed E-state index contributed by atoms with van der Waals surface area (Å²) in [5, 5.41) is 17.5. The van der Waals surface area contributed by atoms with Crippen LogP contribution in [0.15, 0.2) is 72.9 Å². The smallest absolute Gasteiger partial charge is 0.303 e. The highest BCUT2D eigenvalue weighted by molar-refractivity contribution is 5.95. The first-order chi connectivity index (χ1) is 23.0. The third-order valence-corrected chi connectivity index (χ3v) is 8.62. The minimum Gasteiger partial charge on any atom is -0.481 e. The zero-order valence-corrected chi connectivity index (χ0v) is 27.3. The number of unbranched alkanes of at least 4 members (excludes halogenated alkanes) is 1. The van der Waals surface area contributed by atoms with Crippen molar-refractivity contribution in [3.05, 3.63) is 84.1 Å². The summed E-state index contributed by atoms with van der Waals surface area (Å²) in [5.41, 5.74) is 14.6. The van der Waals surface area contributed by atoms with E-state index in [0.717, 1.165) is 39.2 Å². The van der Waals surface area contributed by atoms with Crippen LogP contribution >= 0.6 is 0 Å². The molecule has 0 radical (unpaired) electrons. The van der Waals surface area contributed by atoms with E-state index in [1.807, 2.05) is 79.9 Å². The van der Waals surface area contributed by atoms with Gasteiger partial charge in [-0.1, -0.05) is 80.4 Å². The maximum atomic E-state index is 13.8. The second-order valence-corrected chi connectivity index (χ2v) is 12.1. The molecule has 1 heterocycles. The van der Waals surface area contributed by atoms with Crippen molar-refractivity contribution in [2.24, 2.45) is 11.5 Å². The van der Waals surface area contributed by atoms with Gasteiger partial charge in [-0.05, 0) is 47.2 Å². The highest BCUT2D eigenvalue weighted by Gasteiger charge is 2.33. The molecule has 0 aliphatic rings. The summed E-state index contributed by atoms with van der Waals surface area (Å²) >= 11 is 0. The molecule has 8 N–H and O–H groups in total. The monoisotopic (exact) mass is 656 g/mol. The zero-order valence-electron chi connectivity index (χ0n) is 27.3. The van der Waals surface area contributed by atoms with Crippen molar-refractivity contribution < 1.29 is 29.1 Å². The van der Waals surface area contributed by atoms with Gasteiger partial charge in [0, 0.05) is 37.0 Å². The van der Waals surface area contributed by atoms with E-state index >= 15 is 0 Å². The van der Waals surface area contributed by atoms with Crippen molar-refractivity contribution in [1.29, 1.82) is 0 Å². The molecule has 0 spiro atoms. The lowest BCUT2D eigenvalue weighted by Gasteiger charge is -2.31. The van der Waals surface area contributed by atoms with Crippen molar-refractivity contribution in [2.45, 2.75) is 76.0 Å². The first-order valence-electron chi connectivity index (χ1n) is 16.2. The average Bonchev–Trinajstić information content (AvgIpc) is 3.48. The molecule has 4 rings (SSSR count). The molecular formula is C36H44N6O6. The SMILES string of the molecule is CCCC[C@@H](C(=O)N[C@@H](CCC(=O)O)C(=O)N[C@@H](Cc1cccc2ccccc12)C(N)=O)N(C)C(=O)[C@@H](N)Cc1c[nH]c2ccccc12. The molecule has 4 aromatic rings. The molecule has 0 unspecified atom stereocenters. The molecule has 0 bridgehead atoms. The van der Waals surface area contributed by atoms with Gasteiger partial charge >= 0.3 is 5.97 Å². The molecule has 0 aliphatic carbocycles. The highest BCUT2D eigenvalue weighted by atomic mass is 16.4. The van der Waals surface area contributed by atoms with Crippen LogP contribution in [0.5, 0.6) is 0 Å². The minimum atomic E-state index is -1.31. The summed E-state index contributed by atoms with van der Waals surface area (Å²) < 4.78 is 0. The third-order valence-electron chi connectivity index (χ3n) is 8.62. The van der Waals surface area contributed by atoms with Crippen molar-refractivity contribution in [3.8, 4) is 0 Å². The first-order valence-corrected chi connectivity index (χ1v) is 16.2. The Morgan fingerprint density at radius 3 is 2.21 bits per heavy atom. The second kappa shape index (κ2) is 16.6. The number of hydrogen-bond acceptors (Lipinski definition) is 6. The van der Waals surface area contributed by atoms with E-state index in [4.69, 9.17) is 11.5 Å². The molecule has 48 heavy (non-hydrogen) atoms. The van der Waals surface area contributed by atoms with Crippen LogP contribution in [-0.4, -0.2) is 75.8 Å². The molecule has 12 nitrogen and oxygen atoms in total. The van der Waals surface area contributed by atoms with E-state index in [-0.39, 0.29) is 19.3 Å². The van der Waals surface area contributed by atoms with Gasteiger partial charge in [0.15, 0.2) is 0 Å². The number of rotatable bonds is 17. The number of nitrogens with zero attached hydrogens (tertiary/aromatic N) is 1. The van der Waals surface area contributed by atoms with Crippen LogP contribution in [0.1, 0.15) is 50.2 Å². The van der Waals surface area contributed by atoms with E-state index in [9.17, 15) is 29.1 Å². The van der Waals surface area contributed by atoms with Gasteiger partial charge in [-0.15, -0.1) is 0 Å². The van der Waals surface area contributed by atoms with Gasteiger partial charge in [-0.3, -0.25) is 24.0 Å². The Morgan fingerprint density at radius 2 is 1.50 bits per heavy atom. The Hall–Kier alpha value is -5.23. The fraction of sp³-hybridized carbons (Fsp3) is 0.361. The fourth-order valence-corrected chi connectivity index (χ4v) is 5.93. The third kappa shape index (κ3) is 8.97. The summed E-state index contributed by atoms with van der Waals surface area (Å²) in [5.74, 6) is -3.79. The molecule has 0 saturated heterocycles. The van der Waals surface area contributed by atoms with Crippen molar-refractivity contribution in [3.63, 3.8) is 0 Å². The zero-order chi connectivity index (χ0) is 34.8. The lowest BCUT2D eigenvalue weighted by Crippen LogP contribution is -2.58. The molecule has 12 heteroatoms. The van der Waals surface area contributed by atoms with Gasteiger partial charge in [0.25, 0.3) is 0 Å². The molecular weight excluding hydrogens is 612 g/mol. The number of carbonyl (C=O) groups excluding carboxylic acids is 4. The Balaban J connectivity index is 1.50. The van der Waals surface area contributed by atoms with Crippen LogP contribution < -0.4 is 22.1 Å². The number of nitrogens with two attached hydrogens (primary N) is 2. The Labute approximate surface area is 279 Å². The molecule has 1 aromatic heterocycles. The van der Waals surface area contributed by atoms with Gasteiger partial charge in [0.05, 0.1) is 6.04 Å². The number of aromatic nitrogens is 1. The van der Waals surface area contributed by atoms with Crippen LogP contribution in [0.4, 0.5) is 0 Å². The van der Waals surface area contributed by atoms with Crippen molar-refractivity contribution >= 4 is 51.3 Å². The molecule has 0 fully saturated rings. The number of fused-ring (bicyclic) bond motifs is 2. The van der Waals surface area contributed by atoms with Crippen molar-refractivity contribution in [2.75, 3.05) is 7.05 Å². The fourth-order valence-electron chi connectivity index (χ4n) is 5.93. The predicted octanol–water partition coefficient (Wildman–Crippen LogP) is 2.77. The minimum absolute atomic E-state index is 0.0900. The van der Waals surface area contributed by atoms with Crippen LogP contribution in [-0.2, 0) is 36.8 Å². The lowest BCUT2D eigenvalue weighted by molar-refractivity contribution is -0.141. The molecule has 254 valence electrons. The number of amides is 4. The van der Waals surface area contributed by atoms with Gasteiger partial charge in [-0.25, -0.2) is 0 Å². The quantitative estimate of drug-likeness (QED) is 0.100. The number of benzene rings is 3. The molecule has 3 aromatic carbocycles. The van der Waals surface area contributed by atoms with E-state index in [1.165, 1.54) is 11.9 Å². The van der Waals surface area contributed by atoms with Crippen LogP contribution in [0.3, 0.4) is 0 Å². The number of carboxylic acid groups (broad SMARTS) is 1. The van der Waals surface area contributed by atoms with Gasteiger partial charge < -0.3 is 37.1 Å². The van der Waals surface area contributed by atoms with Gasteiger partial charge in [0.1, 0.15) is 18.1 Å². The molecule has 0 saturated carbocycles. The number of carbonyl (C=O) groups is 5. The van der Waals surface area contributed by atoms with E-state index in [1.54, 1.807) is 0 Å². The number of carboxylic acids is 1. The van der Waals surface area contributed by atoms with Gasteiger partial charge in [0.2, 0.25) is 23.6 Å². The number of likely N-dealkylation sites (N-methyl/N-ethyl adjacent to an activating group) is 1. The summed E-state index contributed by atoms with van der Waals surface area (Å²) in [6.45, 7) is 1.95. The number of aromatic amines is 1. The Bertz CT molecular complexity index is 1760. The number of aliphatic carboxylic acids is 1. The lowest BCUT2D eigenvalue weighted by atomic mass is 9.98. The number of primary amides is 1. The van der Waals surface area contributed by atoms with Crippen molar-refractivity contribution in [1.82, 2.24) is 20.5 Å². The van der Waals surface area contributed by atoms with Crippen LogP contribution in [0.2, 0.25) is 0 Å². The maximum Gasteiger partial charge on any atom is 0.303 e. The standard InChI is InChI=1S/C36H44N6O6/c1-3-4-16-31(42(2)36(48)27(37)19-24-21-39-28-15-8-7-14-26(24)28)35(47)40-29(17-18-32(43)44)34(46)41-30(33(38)45)20-23-12-9-11-22-10-5-6-13-25(22)23/h5-15,21,27,29-31,39H,3-4,16-20,37H2,1-2H3,(H2,38,45)(H,40,47)(H,41,46)(H,43,44)/t27-,29-,30-,31-/m0/s1. The molecule has 4 atom stereocenters. The second-order valence-electron chi connectivity index (χ2n) is 12.1. The number of nitrogens with one attached hydrogen (secondary N) is 3. The Morgan fingerprint density at radius 1 is 0.833 bits per heavy atom. The van der Waals surface area contributed by atoms with E-state index < -0.39 is 60.2 Å². The normalized spacial score (nSPS) is 13.7. The van der Waals surface area contributed by atoms with Gasteiger partial charge in [-0.2, -0.15) is 0 Å². The summed E-state index contributed by atoms with van der Waals surface area (Å²) in [6, 6.07) is 16.5. The van der Waals surface area contributed by atoms with E-state index in [2.05, 4.69) is 15.6 Å². The van der Waals surface area contributed by atoms with Crippen LogP contribution in [0.25, 0.3) is 21.7 Å². The van der Waals surface area contributed by atoms with Crippen LogP contribution in [0, 0.1) is 0 Å². The first kappa shape index (κ1) is 35.6. The average molecular weight is 657 g/mol. The summed E-state index contributed by atoms with van der Waals surface area (Å²) in [6.07, 6.45) is 3.11. The largest absolute Gasteiger partial charge is 0.481 e. The predicted molar refractivity (Wildman–Crippen MR) is 184 cm³/mol. The number of hydrogen-bond donors (Lipinski definition) is 6. The Kier molecular flexibility index (Phi) is 12.3. The maximum absolute atomic E-state index is 13.8. The van der Waals surface area contributed by atoms with E-state index in [0.29, 0.717) is 12.8 Å². The topological polar surface area (TPSA) is 201 Å². The number of H-pyrrole nitrogens is 1. The number of para-hydroxylation sites is 1. The molecule has 4 amide bonds. The summed E-state index contributed by atoms with van der Waals surface area (Å²) in [7, 11) is 1.50.